The monoisotopic (exact) mass is 276 g/mol. The molecule has 2 heterocycles. The van der Waals surface area contributed by atoms with Gasteiger partial charge in [0.1, 0.15) is 6.10 Å². The van der Waals surface area contributed by atoms with E-state index in [0.717, 1.165) is 39.0 Å². The lowest BCUT2D eigenvalue weighted by molar-refractivity contribution is -0.159. The third-order valence-electron chi connectivity index (χ3n) is 3.91. The Morgan fingerprint density at radius 1 is 1.42 bits per heavy atom. The molecule has 4 nitrogen and oxygen atoms in total. The van der Waals surface area contributed by atoms with E-state index in [2.05, 4.69) is 17.1 Å². The number of rotatable bonds is 5. The number of ether oxygens (including phenoxy) is 1. The van der Waals surface area contributed by atoms with E-state index in [-0.39, 0.29) is 0 Å². The number of cyclic esters (lactones) is 1. The standard InChI is InChI=1S/C13H22F2N2O2/c1-2-16-8-10-3-5-17(6-4-10)9-11-7-13(14,15)12(18)19-11/h10-11,16H,2-9H2,1H3. The van der Waals surface area contributed by atoms with Crippen molar-refractivity contribution in [2.75, 3.05) is 32.7 Å². The van der Waals surface area contributed by atoms with Crippen LogP contribution in [0.15, 0.2) is 0 Å². The smallest absolute Gasteiger partial charge is 0.377 e. The minimum atomic E-state index is -3.28. The van der Waals surface area contributed by atoms with Crippen LogP contribution in [0.5, 0.6) is 0 Å². The number of carbonyl (C=O) groups is 1. The highest BCUT2D eigenvalue weighted by atomic mass is 19.3. The van der Waals surface area contributed by atoms with Gasteiger partial charge in [0.2, 0.25) is 0 Å². The third kappa shape index (κ3) is 3.86. The number of nitrogens with one attached hydrogen (secondary N) is 1. The van der Waals surface area contributed by atoms with Gasteiger partial charge in [0.05, 0.1) is 6.42 Å². The fourth-order valence-corrected chi connectivity index (χ4v) is 2.76. The molecule has 1 N–H and O–H groups in total. The summed E-state index contributed by atoms with van der Waals surface area (Å²) in [7, 11) is 0. The Morgan fingerprint density at radius 2 is 2.11 bits per heavy atom. The SMILES string of the molecule is CCNCC1CCN(CC2CC(F)(F)C(=O)O2)CC1. The molecule has 19 heavy (non-hydrogen) atoms. The summed E-state index contributed by atoms with van der Waals surface area (Å²) in [4.78, 5) is 13.0. The van der Waals surface area contributed by atoms with Crippen LogP contribution in [0.1, 0.15) is 26.2 Å². The molecule has 0 aliphatic carbocycles. The predicted octanol–water partition coefficient (Wildman–Crippen LogP) is 1.26. The van der Waals surface area contributed by atoms with Gasteiger partial charge in [0, 0.05) is 6.54 Å². The van der Waals surface area contributed by atoms with E-state index in [0.29, 0.717) is 12.5 Å². The summed E-state index contributed by atoms with van der Waals surface area (Å²) in [5.74, 6) is -3.98. The van der Waals surface area contributed by atoms with E-state index in [9.17, 15) is 13.6 Å². The number of hydrogen-bond acceptors (Lipinski definition) is 4. The zero-order valence-corrected chi connectivity index (χ0v) is 11.3. The molecule has 110 valence electrons. The molecule has 2 aliphatic rings. The largest absolute Gasteiger partial charge is 0.456 e. The lowest BCUT2D eigenvalue weighted by Gasteiger charge is -2.33. The highest BCUT2D eigenvalue weighted by Gasteiger charge is 2.51. The van der Waals surface area contributed by atoms with Crippen molar-refractivity contribution in [1.82, 2.24) is 10.2 Å². The first-order valence-corrected chi connectivity index (χ1v) is 7.03. The third-order valence-corrected chi connectivity index (χ3v) is 3.91. The van der Waals surface area contributed by atoms with Crippen molar-refractivity contribution in [1.29, 1.82) is 0 Å². The van der Waals surface area contributed by atoms with Crippen LogP contribution in [-0.4, -0.2) is 55.6 Å². The van der Waals surface area contributed by atoms with E-state index in [1.165, 1.54) is 0 Å². The van der Waals surface area contributed by atoms with Crippen molar-refractivity contribution < 1.29 is 18.3 Å². The van der Waals surface area contributed by atoms with Crippen LogP contribution in [0.2, 0.25) is 0 Å². The molecule has 0 aromatic heterocycles. The highest BCUT2D eigenvalue weighted by molar-refractivity contribution is 5.79. The molecule has 0 bridgehead atoms. The van der Waals surface area contributed by atoms with Crippen molar-refractivity contribution in [2.45, 2.75) is 38.2 Å². The topological polar surface area (TPSA) is 41.6 Å². The Morgan fingerprint density at radius 3 is 2.63 bits per heavy atom. The Bertz CT molecular complexity index is 318. The fraction of sp³-hybridized carbons (Fsp3) is 0.923. The summed E-state index contributed by atoms with van der Waals surface area (Å²) in [6.07, 6.45) is 1.03. The molecule has 6 heteroatoms. The number of piperidine rings is 1. The number of carbonyl (C=O) groups excluding carboxylic acids is 1. The normalized spacial score (nSPS) is 28.6. The first-order chi connectivity index (χ1) is 9.01. The molecule has 0 aromatic rings. The zero-order chi connectivity index (χ0) is 13.9. The lowest BCUT2D eigenvalue weighted by atomic mass is 9.96. The molecule has 2 aliphatic heterocycles. The summed E-state index contributed by atoms with van der Waals surface area (Å²) in [5.41, 5.74) is 0. The van der Waals surface area contributed by atoms with Gasteiger partial charge >= 0.3 is 11.9 Å². The van der Waals surface area contributed by atoms with Crippen LogP contribution in [0.4, 0.5) is 8.78 Å². The molecule has 0 spiro atoms. The molecular formula is C13H22F2N2O2. The average Bonchev–Trinajstić information content (AvgIpc) is 2.62. The molecule has 0 saturated carbocycles. The lowest BCUT2D eigenvalue weighted by Crippen LogP contribution is -2.41. The van der Waals surface area contributed by atoms with Crippen LogP contribution >= 0.6 is 0 Å². The van der Waals surface area contributed by atoms with Gasteiger partial charge in [-0.3, -0.25) is 4.90 Å². The van der Waals surface area contributed by atoms with Gasteiger partial charge in [-0.25, -0.2) is 4.79 Å². The molecular weight excluding hydrogens is 254 g/mol. The maximum atomic E-state index is 13.0. The molecule has 2 rings (SSSR count). The van der Waals surface area contributed by atoms with Crippen LogP contribution < -0.4 is 5.32 Å². The van der Waals surface area contributed by atoms with E-state index in [4.69, 9.17) is 4.74 Å². The number of halogens is 2. The minimum absolute atomic E-state index is 0.440. The summed E-state index contributed by atoms with van der Waals surface area (Å²) >= 11 is 0. The Kier molecular flexibility index (Phi) is 4.73. The van der Waals surface area contributed by atoms with E-state index >= 15 is 0 Å². The summed E-state index contributed by atoms with van der Waals surface area (Å²) < 4.78 is 30.8. The van der Waals surface area contributed by atoms with Gasteiger partial charge in [0.25, 0.3) is 0 Å². The Labute approximate surface area is 112 Å². The van der Waals surface area contributed by atoms with Gasteiger partial charge in [-0.05, 0) is 44.9 Å². The maximum Gasteiger partial charge on any atom is 0.377 e. The molecule has 2 fully saturated rings. The number of esters is 1. The highest BCUT2D eigenvalue weighted by Crippen LogP contribution is 2.31. The second-order valence-electron chi connectivity index (χ2n) is 5.49. The van der Waals surface area contributed by atoms with Crippen LogP contribution in [0.3, 0.4) is 0 Å². The van der Waals surface area contributed by atoms with Crippen molar-refractivity contribution in [2.24, 2.45) is 5.92 Å². The zero-order valence-electron chi connectivity index (χ0n) is 11.3. The van der Waals surface area contributed by atoms with Crippen molar-refractivity contribution in [3.8, 4) is 0 Å². The molecule has 0 aromatic carbocycles. The second kappa shape index (κ2) is 6.13. The molecule has 1 unspecified atom stereocenters. The molecule has 0 amide bonds. The fourth-order valence-electron chi connectivity index (χ4n) is 2.76. The predicted molar refractivity (Wildman–Crippen MR) is 67.2 cm³/mol. The first kappa shape index (κ1) is 14.7. The summed E-state index contributed by atoms with van der Waals surface area (Å²) in [6, 6.07) is 0. The number of alkyl halides is 2. The Balaban J connectivity index is 1.70. The van der Waals surface area contributed by atoms with Crippen molar-refractivity contribution in [3.63, 3.8) is 0 Å². The average molecular weight is 276 g/mol. The first-order valence-electron chi connectivity index (χ1n) is 7.03. The maximum absolute atomic E-state index is 13.0. The van der Waals surface area contributed by atoms with Crippen LogP contribution in [0.25, 0.3) is 0 Å². The quantitative estimate of drug-likeness (QED) is 0.768. The van der Waals surface area contributed by atoms with Gasteiger partial charge in [-0.1, -0.05) is 6.92 Å². The van der Waals surface area contributed by atoms with Gasteiger partial charge in [-0.2, -0.15) is 8.78 Å². The van der Waals surface area contributed by atoms with Gasteiger partial charge in [0.15, 0.2) is 0 Å². The molecule has 2 saturated heterocycles. The second-order valence-corrected chi connectivity index (χ2v) is 5.49. The summed E-state index contributed by atoms with van der Waals surface area (Å²) in [5, 5.41) is 3.34. The van der Waals surface area contributed by atoms with E-state index < -0.39 is 24.4 Å². The van der Waals surface area contributed by atoms with Crippen LogP contribution in [0, 0.1) is 5.92 Å². The molecule has 1 atom stereocenters. The molecule has 0 radical (unpaired) electrons. The Hall–Kier alpha value is -0.750. The van der Waals surface area contributed by atoms with E-state index in [1.54, 1.807) is 0 Å². The van der Waals surface area contributed by atoms with Gasteiger partial charge < -0.3 is 10.1 Å². The van der Waals surface area contributed by atoms with Crippen LogP contribution in [-0.2, 0) is 9.53 Å². The minimum Gasteiger partial charge on any atom is -0.456 e. The van der Waals surface area contributed by atoms with Gasteiger partial charge in [-0.15, -0.1) is 0 Å². The van der Waals surface area contributed by atoms with E-state index in [1.807, 2.05) is 0 Å². The number of nitrogens with zero attached hydrogens (tertiary/aromatic N) is 1. The number of likely N-dealkylation sites (tertiary alicyclic amines) is 1. The summed E-state index contributed by atoms with van der Waals surface area (Å²) in [6.45, 7) is 6.33. The van der Waals surface area contributed by atoms with Crippen molar-refractivity contribution in [3.05, 3.63) is 0 Å². The number of hydrogen-bond donors (Lipinski definition) is 1. The van der Waals surface area contributed by atoms with Crippen molar-refractivity contribution >= 4 is 5.97 Å².